The fourth-order valence-corrected chi connectivity index (χ4v) is 5.57. The van der Waals surface area contributed by atoms with Gasteiger partial charge in [-0.05, 0) is 37.0 Å². The third kappa shape index (κ3) is 4.92. The first-order valence-corrected chi connectivity index (χ1v) is 13.4. The van der Waals surface area contributed by atoms with Crippen molar-refractivity contribution in [1.29, 1.82) is 0 Å². The maximum atomic E-state index is 13.1. The molecule has 0 saturated carbocycles. The number of nitrogens with one attached hydrogen (secondary N) is 1. The predicted octanol–water partition coefficient (Wildman–Crippen LogP) is 4.32. The van der Waals surface area contributed by atoms with Gasteiger partial charge >= 0.3 is 5.69 Å². The largest absolute Gasteiger partial charge is 0.481 e. The molecule has 2 N–H and O–H groups in total. The zero-order valence-electron chi connectivity index (χ0n) is 21.8. The Kier molecular flexibility index (Phi) is 7.80. The summed E-state index contributed by atoms with van der Waals surface area (Å²) in [5, 5.41) is 12.6. The fourth-order valence-electron chi connectivity index (χ4n) is 4.97. The second kappa shape index (κ2) is 11.3. The molecule has 4 aromatic rings. The number of aliphatic hydroxyl groups is 1. The van der Waals surface area contributed by atoms with E-state index in [0.29, 0.717) is 33.3 Å². The quantitative estimate of drug-likeness (QED) is 0.336. The molecule has 0 unspecified atom stereocenters. The average molecular weight is 581 g/mol. The number of aryl methyl sites for hydroxylation is 1. The van der Waals surface area contributed by atoms with Gasteiger partial charge in [-0.25, -0.2) is 9.78 Å². The Balaban J connectivity index is 1.52. The molecule has 1 aliphatic carbocycles. The number of hydrogen-bond acceptors (Lipinski definition) is 6. The number of rotatable bonds is 7. The fraction of sp³-hybridized carbons (Fsp3) is 0.241. The first kappa shape index (κ1) is 27.6. The topological polar surface area (TPSA) is 115 Å². The van der Waals surface area contributed by atoms with E-state index in [1.54, 1.807) is 25.3 Å². The van der Waals surface area contributed by atoms with Crippen LogP contribution in [0.4, 0.5) is 5.69 Å². The number of ether oxygens (including phenoxy) is 1. The van der Waals surface area contributed by atoms with E-state index in [1.807, 2.05) is 24.3 Å². The Morgan fingerprint density at radius 2 is 1.77 bits per heavy atom. The molecule has 1 aliphatic rings. The Hall–Kier alpha value is -3.92. The normalized spacial score (nSPS) is 12.3. The van der Waals surface area contributed by atoms with Gasteiger partial charge < -0.3 is 15.2 Å². The summed E-state index contributed by atoms with van der Waals surface area (Å²) in [4.78, 5) is 42.7. The molecule has 0 saturated heterocycles. The van der Waals surface area contributed by atoms with Crippen molar-refractivity contribution in [2.24, 2.45) is 7.05 Å². The summed E-state index contributed by atoms with van der Waals surface area (Å²) in [5.41, 5.74) is 3.52. The molecule has 2 heterocycles. The highest BCUT2D eigenvalue weighted by Crippen LogP contribution is 2.42. The minimum atomic E-state index is -0.767. The Labute approximate surface area is 239 Å². The lowest BCUT2D eigenvalue weighted by atomic mass is 9.99. The Bertz CT molecular complexity index is 1760. The van der Waals surface area contributed by atoms with E-state index >= 15 is 0 Å². The summed E-state index contributed by atoms with van der Waals surface area (Å²) in [6.45, 7) is -0.399. The van der Waals surface area contributed by atoms with E-state index in [-0.39, 0.29) is 29.4 Å². The Morgan fingerprint density at radius 1 is 1.07 bits per heavy atom. The molecule has 40 heavy (non-hydrogen) atoms. The number of halogens is 2. The molecule has 11 heteroatoms. The molecule has 1 amide bonds. The lowest BCUT2D eigenvalue weighted by molar-refractivity contribution is 0.102. The van der Waals surface area contributed by atoms with Crippen LogP contribution in [-0.4, -0.2) is 38.8 Å². The number of fused-ring (bicyclic) bond motifs is 1. The Morgan fingerprint density at radius 3 is 2.50 bits per heavy atom. The summed E-state index contributed by atoms with van der Waals surface area (Å²) in [6, 6.07) is 12.7. The van der Waals surface area contributed by atoms with Crippen LogP contribution in [0.25, 0.3) is 22.4 Å². The molecule has 0 bridgehead atoms. The summed E-state index contributed by atoms with van der Waals surface area (Å²) in [6.07, 6.45) is 4.06. The highest BCUT2D eigenvalue weighted by Gasteiger charge is 2.22. The van der Waals surface area contributed by atoms with E-state index in [0.717, 1.165) is 40.2 Å². The average Bonchev–Trinajstić information content (AvgIpc) is 3.43. The first-order chi connectivity index (χ1) is 19.2. The molecule has 0 spiro atoms. The third-order valence-electron chi connectivity index (χ3n) is 6.99. The van der Waals surface area contributed by atoms with Crippen LogP contribution < -0.4 is 21.3 Å². The van der Waals surface area contributed by atoms with E-state index in [2.05, 4.69) is 5.32 Å². The van der Waals surface area contributed by atoms with Crippen molar-refractivity contribution in [3.63, 3.8) is 0 Å². The summed E-state index contributed by atoms with van der Waals surface area (Å²) in [7, 11) is 2.88. The van der Waals surface area contributed by atoms with Gasteiger partial charge in [0, 0.05) is 35.5 Å². The van der Waals surface area contributed by atoms with Crippen molar-refractivity contribution in [3.8, 4) is 28.3 Å². The number of nitrogens with zero attached hydrogens (tertiary/aromatic N) is 3. The van der Waals surface area contributed by atoms with Crippen LogP contribution in [0.1, 0.15) is 27.9 Å². The lowest BCUT2D eigenvalue weighted by Gasteiger charge is -2.15. The summed E-state index contributed by atoms with van der Waals surface area (Å²) in [5.74, 6) is -0.147. The maximum absolute atomic E-state index is 13.1. The zero-order chi connectivity index (χ0) is 28.6. The van der Waals surface area contributed by atoms with Crippen LogP contribution >= 0.6 is 23.2 Å². The number of benzene rings is 2. The van der Waals surface area contributed by atoms with E-state index in [9.17, 15) is 19.5 Å². The lowest BCUT2D eigenvalue weighted by Crippen LogP contribution is -2.41. The van der Waals surface area contributed by atoms with Crippen molar-refractivity contribution in [1.82, 2.24) is 14.1 Å². The van der Waals surface area contributed by atoms with Crippen LogP contribution in [0.5, 0.6) is 5.88 Å². The van der Waals surface area contributed by atoms with Gasteiger partial charge in [0.25, 0.3) is 11.5 Å². The summed E-state index contributed by atoms with van der Waals surface area (Å²) >= 11 is 13.7. The van der Waals surface area contributed by atoms with Crippen molar-refractivity contribution < 1.29 is 14.6 Å². The number of pyridine rings is 1. The van der Waals surface area contributed by atoms with Crippen LogP contribution in [0.3, 0.4) is 0 Å². The first-order valence-electron chi connectivity index (χ1n) is 12.6. The van der Waals surface area contributed by atoms with Gasteiger partial charge in [-0.15, -0.1) is 0 Å². The second-order valence-corrected chi connectivity index (χ2v) is 10.2. The van der Waals surface area contributed by atoms with Gasteiger partial charge in [-0.1, -0.05) is 53.5 Å². The van der Waals surface area contributed by atoms with Crippen molar-refractivity contribution in [2.75, 3.05) is 19.0 Å². The minimum absolute atomic E-state index is 0.0662. The number of aromatic nitrogens is 3. The van der Waals surface area contributed by atoms with Gasteiger partial charge in [-0.3, -0.25) is 18.7 Å². The maximum Gasteiger partial charge on any atom is 0.330 e. The minimum Gasteiger partial charge on any atom is -0.481 e. The molecule has 5 rings (SSSR count). The predicted molar refractivity (Wildman–Crippen MR) is 155 cm³/mol. The molecule has 9 nitrogen and oxygen atoms in total. The van der Waals surface area contributed by atoms with E-state index in [4.69, 9.17) is 32.9 Å². The van der Waals surface area contributed by atoms with Crippen LogP contribution in [-0.2, 0) is 26.4 Å². The second-order valence-electron chi connectivity index (χ2n) is 9.40. The standard InChI is InChI=1S/C29H26Cl2N4O5/c1-34-28(38)21(15-35(12-13-36)29(34)39)26(37)32-22-11-5-9-19(25(22)31)18-8-4-10-20(24(18)30)23-14-16-6-3-7-17(16)27(33-23)40-2/h4-5,8-11,14-15,36H,3,6-7,12-13H2,1-2H3,(H,32,37). The molecule has 2 aromatic carbocycles. The highest BCUT2D eigenvalue weighted by atomic mass is 35.5. The summed E-state index contributed by atoms with van der Waals surface area (Å²) < 4.78 is 7.47. The van der Waals surface area contributed by atoms with E-state index < -0.39 is 17.2 Å². The molecule has 0 fully saturated rings. The number of hydrogen-bond donors (Lipinski definition) is 2. The number of carbonyl (C=O) groups is 1. The number of amides is 1. The monoisotopic (exact) mass is 580 g/mol. The number of anilines is 1. The third-order valence-corrected chi connectivity index (χ3v) is 7.81. The van der Waals surface area contributed by atoms with Crippen LogP contribution in [0.15, 0.2) is 58.3 Å². The number of carbonyl (C=O) groups excluding carboxylic acids is 1. The van der Waals surface area contributed by atoms with Crippen molar-refractivity contribution in [2.45, 2.75) is 25.8 Å². The molecule has 0 aliphatic heterocycles. The smallest absolute Gasteiger partial charge is 0.330 e. The molecular formula is C29H26Cl2N4O5. The van der Waals surface area contributed by atoms with Crippen molar-refractivity contribution in [3.05, 3.63) is 96.2 Å². The van der Waals surface area contributed by atoms with Gasteiger partial charge in [0.1, 0.15) is 5.56 Å². The van der Waals surface area contributed by atoms with E-state index in [1.165, 1.54) is 12.6 Å². The SMILES string of the molecule is COc1nc(-c2cccc(-c3cccc(NC(=O)c4cn(CCO)c(=O)n(C)c4=O)c3Cl)c2Cl)cc2c1CCC2. The van der Waals surface area contributed by atoms with Crippen LogP contribution in [0, 0.1) is 0 Å². The zero-order valence-corrected chi connectivity index (χ0v) is 23.3. The number of methoxy groups -OCH3 is 1. The van der Waals surface area contributed by atoms with Crippen LogP contribution in [0.2, 0.25) is 10.0 Å². The van der Waals surface area contributed by atoms with Crippen molar-refractivity contribution >= 4 is 34.8 Å². The molecule has 206 valence electrons. The van der Waals surface area contributed by atoms with Gasteiger partial charge in [0.15, 0.2) is 0 Å². The highest BCUT2D eigenvalue weighted by molar-refractivity contribution is 6.39. The number of aliphatic hydroxyl groups excluding tert-OH is 1. The molecular weight excluding hydrogens is 555 g/mol. The van der Waals surface area contributed by atoms with Gasteiger partial charge in [-0.2, -0.15) is 0 Å². The van der Waals surface area contributed by atoms with Gasteiger partial charge in [0.2, 0.25) is 5.88 Å². The molecule has 0 radical (unpaired) electrons. The van der Waals surface area contributed by atoms with Gasteiger partial charge in [0.05, 0.1) is 41.7 Å². The molecule has 2 aromatic heterocycles. The molecule has 0 atom stereocenters.